The van der Waals surface area contributed by atoms with Gasteiger partial charge in [0.1, 0.15) is 12.3 Å². The number of rotatable bonds is 6. The van der Waals surface area contributed by atoms with E-state index < -0.39 is 11.9 Å². The van der Waals surface area contributed by atoms with E-state index in [2.05, 4.69) is 10.9 Å². The molecule has 1 aromatic rings. The molecule has 0 aromatic heterocycles. The molecule has 6 nitrogen and oxygen atoms in total. The highest BCUT2D eigenvalue weighted by atomic mass is 16.5. The van der Waals surface area contributed by atoms with Crippen LogP contribution in [-0.2, 0) is 9.59 Å². The molecule has 6 heteroatoms. The number of nitrogens with one attached hydrogen (secondary N) is 2. The van der Waals surface area contributed by atoms with Crippen LogP contribution < -0.4 is 15.6 Å². The summed E-state index contributed by atoms with van der Waals surface area (Å²) < 4.78 is 5.26. The number of hydrogen-bond donors (Lipinski definition) is 3. The zero-order chi connectivity index (χ0) is 13.5. The fraction of sp³-hybridized carbons (Fsp3) is 0.333. The van der Waals surface area contributed by atoms with Gasteiger partial charge in [0.25, 0.3) is 5.91 Å². The van der Waals surface area contributed by atoms with E-state index >= 15 is 0 Å². The first-order valence-corrected chi connectivity index (χ1v) is 5.42. The van der Waals surface area contributed by atoms with Crippen LogP contribution in [0.1, 0.15) is 11.1 Å². The van der Waals surface area contributed by atoms with Gasteiger partial charge in [-0.25, -0.2) is 5.43 Å². The SMILES string of the molecule is Cc1ccc(OCC(=O)NNCC(=O)O)cc1C. The lowest BCUT2D eigenvalue weighted by Gasteiger charge is -2.08. The van der Waals surface area contributed by atoms with Crippen LogP contribution in [-0.4, -0.2) is 30.1 Å². The lowest BCUT2D eigenvalue weighted by Crippen LogP contribution is -2.42. The quantitative estimate of drug-likeness (QED) is 0.637. The summed E-state index contributed by atoms with van der Waals surface area (Å²) in [5.74, 6) is -0.883. The van der Waals surface area contributed by atoms with Gasteiger partial charge in [0.15, 0.2) is 6.61 Å². The molecular formula is C12H16N2O4. The van der Waals surface area contributed by atoms with Gasteiger partial charge in [-0.15, -0.1) is 0 Å². The average Bonchev–Trinajstić information content (AvgIpc) is 2.30. The normalized spacial score (nSPS) is 9.89. The summed E-state index contributed by atoms with van der Waals surface area (Å²) in [6, 6.07) is 5.53. The predicted molar refractivity (Wildman–Crippen MR) is 65.2 cm³/mol. The van der Waals surface area contributed by atoms with Crippen molar-refractivity contribution in [3.8, 4) is 5.75 Å². The maximum Gasteiger partial charge on any atom is 0.319 e. The Labute approximate surface area is 105 Å². The van der Waals surface area contributed by atoms with Gasteiger partial charge in [0.2, 0.25) is 0 Å². The molecule has 0 bridgehead atoms. The van der Waals surface area contributed by atoms with Crippen molar-refractivity contribution in [2.24, 2.45) is 0 Å². The lowest BCUT2D eigenvalue weighted by atomic mass is 10.1. The molecule has 0 saturated heterocycles. The second kappa shape index (κ2) is 6.61. The molecule has 1 aromatic carbocycles. The van der Waals surface area contributed by atoms with E-state index in [0.717, 1.165) is 11.1 Å². The van der Waals surface area contributed by atoms with Crippen LogP contribution >= 0.6 is 0 Å². The largest absolute Gasteiger partial charge is 0.484 e. The standard InChI is InChI=1S/C12H16N2O4/c1-8-3-4-10(5-9(8)2)18-7-11(15)14-13-6-12(16)17/h3-5,13H,6-7H2,1-2H3,(H,14,15)(H,16,17). The van der Waals surface area contributed by atoms with E-state index in [-0.39, 0.29) is 13.2 Å². The first kappa shape index (κ1) is 14.0. The molecule has 0 aliphatic heterocycles. The Bertz CT molecular complexity index is 446. The van der Waals surface area contributed by atoms with Crippen LogP contribution in [0.5, 0.6) is 5.75 Å². The third-order valence-electron chi connectivity index (χ3n) is 2.32. The number of amides is 1. The number of carboxylic acid groups (broad SMARTS) is 1. The van der Waals surface area contributed by atoms with Gasteiger partial charge in [-0.2, -0.15) is 0 Å². The van der Waals surface area contributed by atoms with E-state index in [0.29, 0.717) is 5.75 Å². The summed E-state index contributed by atoms with van der Waals surface area (Å²) in [6.07, 6.45) is 0. The van der Waals surface area contributed by atoms with Gasteiger partial charge in [-0.3, -0.25) is 15.0 Å². The Morgan fingerprint density at radius 2 is 2.00 bits per heavy atom. The fourth-order valence-corrected chi connectivity index (χ4v) is 1.21. The topological polar surface area (TPSA) is 87.7 Å². The fourth-order valence-electron chi connectivity index (χ4n) is 1.21. The van der Waals surface area contributed by atoms with Crippen molar-refractivity contribution >= 4 is 11.9 Å². The van der Waals surface area contributed by atoms with Crippen LogP contribution in [0.3, 0.4) is 0 Å². The first-order valence-electron chi connectivity index (χ1n) is 5.42. The number of ether oxygens (including phenoxy) is 1. The van der Waals surface area contributed by atoms with Crippen LogP contribution in [0.2, 0.25) is 0 Å². The highest BCUT2D eigenvalue weighted by molar-refractivity contribution is 5.77. The van der Waals surface area contributed by atoms with E-state index in [1.807, 2.05) is 26.0 Å². The minimum atomic E-state index is -1.05. The molecule has 0 fully saturated rings. The number of aliphatic carboxylic acids is 1. The maximum absolute atomic E-state index is 11.3. The Kier molecular flexibility index (Phi) is 5.13. The number of benzene rings is 1. The van der Waals surface area contributed by atoms with Gasteiger partial charge in [-0.1, -0.05) is 6.07 Å². The lowest BCUT2D eigenvalue weighted by molar-refractivity contribution is -0.136. The Morgan fingerprint density at radius 3 is 2.61 bits per heavy atom. The first-order chi connectivity index (χ1) is 8.49. The summed E-state index contributed by atoms with van der Waals surface area (Å²) in [6.45, 7) is 3.43. The Balaban J connectivity index is 2.33. The molecule has 18 heavy (non-hydrogen) atoms. The molecule has 0 heterocycles. The van der Waals surface area contributed by atoms with Crippen LogP contribution in [0.15, 0.2) is 18.2 Å². The Morgan fingerprint density at radius 1 is 1.28 bits per heavy atom. The smallest absolute Gasteiger partial charge is 0.319 e. The number of aryl methyl sites for hydroxylation is 2. The zero-order valence-electron chi connectivity index (χ0n) is 10.3. The maximum atomic E-state index is 11.3. The van der Waals surface area contributed by atoms with Crippen LogP contribution in [0.4, 0.5) is 0 Å². The molecule has 0 unspecified atom stereocenters. The zero-order valence-corrected chi connectivity index (χ0v) is 10.3. The van der Waals surface area contributed by atoms with Crippen molar-refractivity contribution in [2.75, 3.05) is 13.2 Å². The van der Waals surface area contributed by atoms with Gasteiger partial charge in [0.05, 0.1) is 0 Å². The van der Waals surface area contributed by atoms with E-state index in [4.69, 9.17) is 9.84 Å². The molecule has 1 rings (SSSR count). The second-order valence-corrected chi connectivity index (χ2v) is 3.83. The van der Waals surface area contributed by atoms with Crippen molar-refractivity contribution in [1.82, 2.24) is 10.9 Å². The number of hydrogen-bond acceptors (Lipinski definition) is 4. The summed E-state index contributed by atoms with van der Waals surface area (Å²) in [7, 11) is 0. The van der Waals surface area contributed by atoms with Crippen molar-refractivity contribution in [1.29, 1.82) is 0 Å². The molecule has 0 aliphatic carbocycles. The average molecular weight is 252 g/mol. The third-order valence-corrected chi connectivity index (χ3v) is 2.32. The van der Waals surface area contributed by atoms with Crippen molar-refractivity contribution in [3.63, 3.8) is 0 Å². The molecule has 0 spiro atoms. The summed E-state index contributed by atoms with van der Waals surface area (Å²) >= 11 is 0. The van der Waals surface area contributed by atoms with Gasteiger partial charge < -0.3 is 9.84 Å². The van der Waals surface area contributed by atoms with Gasteiger partial charge in [-0.05, 0) is 37.1 Å². The Hall–Kier alpha value is -2.08. The molecule has 98 valence electrons. The predicted octanol–water partition coefficient (Wildman–Crippen LogP) is 0.388. The van der Waals surface area contributed by atoms with E-state index in [1.54, 1.807) is 6.07 Å². The molecular weight excluding hydrogens is 236 g/mol. The van der Waals surface area contributed by atoms with Crippen molar-refractivity contribution in [2.45, 2.75) is 13.8 Å². The molecule has 1 amide bonds. The number of hydrazine groups is 1. The second-order valence-electron chi connectivity index (χ2n) is 3.83. The molecule has 0 atom stereocenters. The third kappa shape index (κ3) is 4.84. The molecule has 0 radical (unpaired) electrons. The van der Waals surface area contributed by atoms with Crippen LogP contribution in [0, 0.1) is 13.8 Å². The summed E-state index contributed by atoms with van der Waals surface area (Å²) in [4.78, 5) is 21.4. The van der Waals surface area contributed by atoms with Crippen LogP contribution in [0.25, 0.3) is 0 Å². The highest BCUT2D eigenvalue weighted by Crippen LogP contribution is 2.15. The number of carbonyl (C=O) groups excluding carboxylic acids is 1. The molecule has 3 N–H and O–H groups in total. The summed E-state index contributed by atoms with van der Waals surface area (Å²) in [5.41, 5.74) is 6.71. The molecule has 0 aliphatic rings. The van der Waals surface area contributed by atoms with E-state index in [1.165, 1.54) is 0 Å². The minimum absolute atomic E-state index is 0.172. The number of carboxylic acids is 1. The highest BCUT2D eigenvalue weighted by Gasteiger charge is 2.04. The summed E-state index contributed by atoms with van der Waals surface area (Å²) in [5, 5.41) is 8.35. The molecule has 0 saturated carbocycles. The monoisotopic (exact) mass is 252 g/mol. The van der Waals surface area contributed by atoms with Crippen molar-refractivity contribution < 1.29 is 19.4 Å². The van der Waals surface area contributed by atoms with Gasteiger partial charge in [0, 0.05) is 0 Å². The van der Waals surface area contributed by atoms with Gasteiger partial charge >= 0.3 is 5.97 Å². The minimum Gasteiger partial charge on any atom is -0.484 e. The number of carbonyl (C=O) groups is 2. The van der Waals surface area contributed by atoms with Crippen molar-refractivity contribution in [3.05, 3.63) is 29.3 Å². The van der Waals surface area contributed by atoms with E-state index in [9.17, 15) is 9.59 Å².